The number of benzene rings is 1. The average Bonchev–Trinajstić information content (AvgIpc) is 2.85. The Hall–Kier alpha value is -0.610. The normalized spacial score (nSPS) is 18.2. The van der Waals surface area contributed by atoms with Crippen LogP contribution in [0, 0.1) is 0 Å². The van der Waals surface area contributed by atoms with Gasteiger partial charge in [-0.3, -0.25) is 4.90 Å². The molecule has 1 aromatic rings. The molecule has 0 bridgehead atoms. The molecule has 100 valence electrons. The third kappa shape index (κ3) is 3.45. The standard InChI is InChI=1S/C14H21ClN2O/c1-16-9-14(18)11-4-5-12(13(15)8-11)10-17-6-2-3-7-17/h4-5,8,14,16,18H,2-3,6-7,9-10H2,1H3. The van der Waals surface area contributed by atoms with Gasteiger partial charge >= 0.3 is 0 Å². The first-order chi connectivity index (χ1) is 8.70. The van der Waals surface area contributed by atoms with Crippen LogP contribution < -0.4 is 5.32 Å². The van der Waals surface area contributed by atoms with Crippen molar-refractivity contribution in [2.45, 2.75) is 25.5 Å². The summed E-state index contributed by atoms with van der Waals surface area (Å²) in [7, 11) is 1.83. The second-order valence-electron chi connectivity index (χ2n) is 4.91. The number of nitrogens with zero attached hydrogens (tertiary/aromatic N) is 1. The van der Waals surface area contributed by atoms with E-state index in [4.69, 9.17) is 11.6 Å². The van der Waals surface area contributed by atoms with E-state index < -0.39 is 6.10 Å². The fourth-order valence-electron chi connectivity index (χ4n) is 2.39. The summed E-state index contributed by atoms with van der Waals surface area (Å²) in [4.78, 5) is 2.42. The van der Waals surface area contributed by atoms with Gasteiger partial charge in [0.25, 0.3) is 0 Å². The molecule has 4 heteroatoms. The van der Waals surface area contributed by atoms with E-state index in [-0.39, 0.29) is 0 Å². The summed E-state index contributed by atoms with van der Waals surface area (Å²) in [6.07, 6.45) is 2.08. The van der Waals surface area contributed by atoms with Gasteiger partial charge in [0.1, 0.15) is 0 Å². The molecule has 18 heavy (non-hydrogen) atoms. The molecule has 2 rings (SSSR count). The monoisotopic (exact) mass is 268 g/mol. The lowest BCUT2D eigenvalue weighted by molar-refractivity contribution is 0.177. The molecule has 2 N–H and O–H groups in total. The van der Waals surface area contributed by atoms with Crippen LogP contribution in [0.5, 0.6) is 0 Å². The molecule has 0 radical (unpaired) electrons. The van der Waals surface area contributed by atoms with Gasteiger partial charge in [0.15, 0.2) is 0 Å². The van der Waals surface area contributed by atoms with Gasteiger partial charge < -0.3 is 10.4 Å². The quantitative estimate of drug-likeness (QED) is 0.859. The zero-order valence-electron chi connectivity index (χ0n) is 10.8. The largest absolute Gasteiger partial charge is 0.387 e. The van der Waals surface area contributed by atoms with Gasteiger partial charge in [-0.1, -0.05) is 23.7 Å². The highest BCUT2D eigenvalue weighted by Crippen LogP contribution is 2.24. The predicted molar refractivity (Wildman–Crippen MR) is 74.8 cm³/mol. The lowest BCUT2D eigenvalue weighted by Gasteiger charge is -2.17. The first-order valence-corrected chi connectivity index (χ1v) is 6.92. The molecule has 0 aromatic heterocycles. The SMILES string of the molecule is CNCC(O)c1ccc(CN2CCCC2)c(Cl)c1. The van der Waals surface area contributed by atoms with E-state index in [0.717, 1.165) is 22.7 Å². The van der Waals surface area contributed by atoms with Crippen LogP contribution in [0.25, 0.3) is 0 Å². The zero-order chi connectivity index (χ0) is 13.0. The second-order valence-corrected chi connectivity index (χ2v) is 5.31. The Morgan fingerprint density at radius 3 is 2.72 bits per heavy atom. The molecule has 0 saturated carbocycles. The van der Waals surface area contributed by atoms with E-state index in [1.807, 2.05) is 25.2 Å². The number of halogens is 1. The molecule has 1 fully saturated rings. The summed E-state index contributed by atoms with van der Waals surface area (Å²) in [5.41, 5.74) is 2.03. The van der Waals surface area contributed by atoms with E-state index in [1.54, 1.807) is 0 Å². The first kappa shape index (κ1) is 13.8. The van der Waals surface area contributed by atoms with E-state index in [9.17, 15) is 5.11 Å². The fourth-order valence-corrected chi connectivity index (χ4v) is 2.64. The summed E-state index contributed by atoms with van der Waals surface area (Å²) in [5.74, 6) is 0. The third-order valence-electron chi connectivity index (χ3n) is 3.45. The van der Waals surface area contributed by atoms with Gasteiger partial charge in [0.2, 0.25) is 0 Å². The third-order valence-corrected chi connectivity index (χ3v) is 3.80. The van der Waals surface area contributed by atoms with Gasteiger partial charge in [0, 0.05) is 18.1 Å². The zero-order valence-corrected chi connectivity index (χ0v) is 11.6. The number of hydrogen-bond donors (Lipinski definition) is 2. The van der Waals surface area contributed by atoms with Crippen LogP contribution in [0.15, 0.2) is 18.2 Å². The Kier molecular flexibility index (Phi) is 5.01. The number of likely N-dealkylation sites (tertiary alicyclic amines) is 1. The minimum absolute atomic E-state index is 0.492. The Bertz CT molecular complexity index is 391. The summed E-state index contributed by atoms with van der Waals surface area (Å²) in [6.45, 7) is 3.80. The molecule has 0 aliphatic carbocycles. The molecular formula is C14H21ClN2O. The minimum atomic E-state index is -0.492. The molecule has 1 aliphatic heterocycles. The van der Waals surface area contributed by atoms with Crippen LogP contribution in [0.3, 0.4) is 0 Å². The molecule has 1 unspecified atom stereocenters. The van der Waals surface area contributed by atoms with Crippen molar-refractivity contribution in [3.05, 3.63) is 34.3 Å². The smallest absolute Gasteiger partial charge is 0.0914 e. The van der Waals surface area contributed by atoms with Crippen molar-refractivity contribution >= 4 is 11.6 Å². The summed E-state index contributed by atoms with van der Waals surface area (Å²) in [5, 5.41) is 13.6. The van der Waals surface area contributed by atoms with Gasteiger partial charge in [-0.05, 0) is 50.2 Å². The van der Waals surface area contributed by atoms with Gasteiger partial charge in [-0.2, -0.15) is 0 Å². The van der Waals surface area contributed by atoms with E-state index in [1.165, 1.54) is 25.9 Å². The number of nitrogens with one attached hydrogen (secondary N) is 1. The maximum absolute atomic E-state index is 9.89. The minimum Gasteiger partial charge on any atom is -0.387 e. The van der Waals surface area contributed by atoms with Crippen molar-refractivity contribution in [3.63, 3.8) is 0 Å². The Labute approximate surface area is 114 Å². The number of aliphatic hydroxyl groups excluding tert-OH is 1. The molecule has 1 heterocycles. The number of likely N-dealkylation sites (N-methyl/N-ethyl adjacent to an activating group) is 1. The van der Waals surface area contributed by atoms with Crippen LogP contribution in [-0.2, 0) is 6.54 Å². The van der Waals surface area contributed by atoms with Gasteiger partial charge in [-0.15, -0.1) is 0 Å². The fraction of sp³-hybridized carbons (Fsp3) is 0.571. The maximum atomic E-state index is 9.89. The maximum Gasteiger partial charge on any atom is 0.0914 e. The van der Waals surface area contributed by atoms with Crippen molar-refractivity contribution in [2.75, 3.05) is 26.7 Å². The second kappa shape index (κ2) is 6.53. The van der Waals surface area contributed by atoms with E-state index in [2.05, 4.69) is 10.2 Å². The van der Waals surface area contributed by atoms with E-state index >= 15 is 0 Å². The molecule has 0 amide bonds. The molecule has 1 saturated heterocycles. The topological polar surface area (TPSA) is 35.5 Å². The highest BCUT2D eigenvalue weighted by Gasteiger charge is 2.14. The van der Waals surface area contributed by atoms with Crippen LogP contribution >= 0.6 is 11.6 Å². The Balaban J connectivity index is 2.04. The molecule has 3 nitrogen and oxygen atoms in total. The van der Waals surface area contributed by atoms with Crippen molar-refractivity contribution in [2.24, 2.45) is 0 Å². The number of rotatable bonds is 5. The summed E-state index contributed by atoms with van der Waals surface area (Å²) < 4.78 is 0. The molecular weight excluding hydrogens is 248 g/mol. The van der Waals surface area contributed by atoms with Crippen molar-refractivity contribution in [1.29, 1.82) is 0 Å². The predicted octanol–water partition coefficient (Wildman–Crippen LogP) is 2.19. The highest BCUT2D eigenvalue weighted by molar-refractivity contribution is 6.31. The molecule has 1 aliphatic rings. The van der Waals surface area contributed by atoms with Crippen LogP contribution in [0.1, 0.15) is 30.1 Å². The summed E-state index contributed by atoms with van der Waals surface area (Å²) >= 11 is 6.29. The van der Waals surface area contributed by atoms with Crippen molar-refractivity contribution in [3.8, 4) is 0 Å². The first-order valence-electron chi connectivity index (χ1n) is 6.54. The Morgan fingerprint density at radius 1 is 1.39 bits per heavy atom. The number of aliphatic hydroxyl groups is 1. The highest BCUT2D eigenvalue weighted by atomic mass is 35.5. The average molecular weight is 269 g/mol. The summed E-state index contributed by atoms with van der Waals surface area (Å²) in [6, 6.07) is 5.89. The van der Waals surface area contributed by atoms with E-state index in [0.29, 0.717) is 6.54 Å². The van der Waals surface area contributed by atoms with Crippen molar-refractivity contribution in [1.82, 2.24) is 10.2 Å². The molecule has 0 spiro atoms. The lowest BCUT2D eigenvalue weighted by atomic mass is 10.1. The van der Waals surface area contributed by atoms with Crippen LogP contribution in [0.4, 0.5) is 0 Å². The van der Waals surface area contributed by atoms with Crippen LogP contribution in [-0.4, -0.2) is 36.7 Å². The number of hydrogen-bond acceptors (Lipinski definition) is 3. The van der Waals surface area contributed by atoms with Crippen LogP contribution in [0.2, 0.25) is 5.02 Å². The Morgan fingerprint density at radius 2 is 2.11 bits per heavy atom. The van der Waals surface area contributed by atoms with Gasteiger partial charge in [0.05, 0.1) is 6.10 Å². The lowest BCUT2D eigenvalue weighted by Crippen LogP contribution is -2.19. The van der Waals surface area contributed by atoms with Gasteiger partial charge in [-0.25, -0.2) is 0 Å². The molecule has 1 atom stereocenters. The van der Waals surface area contributed by atoms with Crippen molar-refractivity contribution < 1.29 is 5.11 Å². The molecule has 1 aromatic carbocycles.